The SMILES string of the molecule is CCC#C[C@H](C)[C@@H](O)[C@H](C)CO[Si](C)(C)C(C)(C)C. The van der Waals surface area contributed by atoms with Crippen molar-refractivity contribution in [3.8, 4) is 11.8 Å². The fraction of sp³-hybridized carbons (Fsp3) is 0.875. The predicted octanol–water partition coefficient (Wildman–Crippen LogP) is 4.05. The molecule has 0 aliphatic rings. The molecular weight excluding hydrogens is 252 g/mol. The molecule has 0 radical (unpaired) electrons. The molecule has 0 saturated heterocycles. The van der Waals surface area contributed by atoms with E-state index >= 15 is 0 Å². The molecule has 19 heavy (non-hydrogen) atoms. The summed E-state index contributed by atoms with van der Waals surface area (Å²) in [5, 5.41) is 10.5. The lowest BCUT2D eigenvalue weighted by Crippen LogP contribution is -2.43. The van der Waals surface area contributed by atoms with Crippen molar-refractivity contribution in [3.63, 3.8) is 0 Å². The van der Waals surface area contributed by atoms with Gasteiger partial charge in [0.1, 0.15) is 0 Å². The summed E-state index contributed by atoms with van der Waals surface area (Å²) in [6.45, 7) is 17.9. The highest BCUT2D eigenvalue weighted by molar-refractivity contribution is 6.74. The Balaban J connectivity index is 4.43. The molecule has 3 atom stereocenters. The number of hydrogen-bond donors (Lipinski definition) is 1. The van der Waals surface area contributed by atoms with E-state index in [1.807, 2.05) is 20.8 Å². The van der Waals surface area contributed by atoms with Gasteiger partial charge in [-0.05, 0) is 25.1 Å². The van der Waals surface area contributed by atoms with Gasteiger partial charge in [-0.2, -0.15) is 0 Å². The Bertz CT molecular complexity index is 320. The smallest absolute Gasteiger partial charge is 0.191 e. The Kier molecular flexibility index (Phi) is 7.35. The summed E-state index contributed by atoms with van der Waals surface area (Å²) in [5.74, 6) is 6.27. The first-order chi connectivity index (χ1) is 8.53. The number of aliphatic hydroxyl groups is 1. The largest absolute Gasteiger partial charge is 0.416 e. The van der Waals surface area contributed by atoms with Gasteiger partial charge in [-0.15, -0.1) is 5.92 Å². The van der Waals surface area contributed by atoms with Crippen LogP contribution in [0.4, 0.5) is 0 Å². The first-order valence-corrected chi connectivity index (χ1v) is 10.2. The van der Waals surface area contributed by atoms with E-state index in [0.29, 0.717) is 6.61 Å². The van der Waals surface area contributed by atoms with Crippen LogP contribution in [0.3, 0.4) is 0 Å². The first kappa shape index (κ1) is 18.7. The Morgan fingerprint density at radius 2 is 1.74 bits per heavy atom. The first-order valence-electron chi connectivity index (χ1n) is 7.33. The van der Waals surface area contributed by atoms with Crippen molar-refractivity contribution >= 4 is 8.32 Å². The average molecular weight is 285 g/mol. The van der Waals surface area contributed by atoms with Crippen LogP contribution in [0.15, 0.2) is 0 Å². The van der Waals surface area contributed by atoms with Gasteiger partial charge in [0, 0.05) is 24.9 Å². The number of hydrogen-bond acceptors (Lipinski definition) is 2. The van der Waals surface area contributed by atoms with Crippen molar-refractivity contribution in [2.75, 3.05) is 6.61 Å². The van der Waals surface area contributed by atoms with Crippen LogP contribution in [0, 0.1) is 23.7 Å². The highest BCUT2D eigenvalue weighted by Gasteiger charge is 2.37. The molecule has 0 bridgehead atoms. The van der Waals surface area contributed by atoms with E-state index in [2.05, 4.69) is 45.7 Å². The normalized spacial score (nSPS) is 17.3. The molecule has 0 rings (SSSR count). The van der Waals surface area contributed by atoms with Gasteiger partial charge in [0.05, 0.1) is 6.10 Å². The predicted molar refractivity (Wildman–Crippen MR) is 85.6 cm³/mol. The minimum absolute atomic E-state index is 0.0120. The second-order valence-electron chi connectivity index (χ2n) is 7.00. The highest BCUT2D eigenvalue weighted by Crippen LogP contribution is 2.36. The molecule has 0 amide bonds. The summed E-state index contributed by atoms with van der Waals surface area (Å²) in [7, 11) is -1.72. The van der Waals surface area contributed by atoms with Gasteiger partial charge in [-0.25, -0.2) is 0 Å². The maximum Gasteiger partial charge on any atom is 0.191 e. The molecule has 0 aliphatic heterocycles. The molecule has 0 fully saturated rings. The third-order valence-electron chi connectivity index (χ3n) is 4.12. The van der Waals surface area contributed by atoms with Gasteiger partial charge in [0.15, 0.2) is 8.32 Å². The van der Waals surface area contributed by atoms with E-state index < -0.39 is 14.4 Å². The van der Waals surface area contributed by atoms with Crippen LogP contribution < -0.4 is 0 Å². The standard InChI is InChI=1S/C16H32O2Si/c1-9-10-11-13(2)15(17)14(3)12-18-19(7,8)16(4,5)6/h13-15,17H,9,12H2,1-8H3/t13-,14+,15+/m0/s1. The van der Waals surface area contributed by atoms with E-state index in [9.17, 15) is 5.11 Å². The lowest BCUT2D eigenvalue weighted by atomic mass is 9.94. The van der Waals surface area contributed by atoms with E-state index in [4.69, 9.17) is 4.43 Å². The van der Waals surface area contributed by atoms with Crippen molar-refractivity contribution in [1.29, 1.82) is 0 Å². The maximum atomic E-state index is 10.2. The molecule has 0 aromatic rings. The molecule has 1 N–H and O–H groups in total. The zero-order valence-corrected chi connectivity index (χ0v) is 15.0. The van der Waals surface area contributed by atoms with E-state index in [1.54, 1.807) is 0 Å². The van der Waals surface area contributed by atoms with Crippen LogP contribution in [0.25, 0.3) is 0 Å². The van der Waals surface area contributed by atoms with Crippen LogP contribution in [-0.4, -0.2) is 26.1 Å². The van der Waals surface area contributed by atoms with Crippen molar-refractivity contribution in [2.24, 2.45) is 11.8 Å². The van der Waals surface area contributed by atoms with Crippen LogP contribution in [0.2, 0.25) is 18.1 Å². The quantitative estimate of drug-likeness (QED) is 0.609. The Labute approximate surface area is 121 Å². The van der Waals surface area contributed by atoms with Crippen LogP contribution in [0.5, 0.6) is 0 Å². The van der Waals surface area contributed by atoms with Crippen molar-refractivity contribution < 1.29 is 9.53 Å². The summed E-state index contributed by atoms with van der Waals surface area (Å²) in [6, 6.07) is 0. The maximum absolute atomic E-state index is 10.2. The monoisotopic (exact) mass is 284 g/mol. The van der Waals surface area contributed by atoms with Crippen molar-refractivity contribution in [3.05, 3.63) is 0 Å². The molecule has 0 aromatic heterocycles. The molecule has 112 valence electrons. The lowest BCUT2D eigenvalue weighted by Gasteiger charge is -2.37. The van der Waals surface area contributed by atoms with Gasteiger partial charge in [0.25, 0.3) is 0 Å². The van der Waals surface area contributed by atoms with Gasteiger partial charge in [0.2, 0.25) is 0 Å². The third kappa shape index (κ3) is 6.12. The van der Waals surface area contributed by atoms with Crippen LogP contribution >= 0.6 is 0 Å². The molecule has 0 aromatic carbocycles. The van der Waals surface area contributed by atoms with Crippen LogP contribution in [0.1, 0.15) is 48.0 Å². The summed E-state index contributed by atoms with van der Waals surface area (Å²) in [6.07, 6.45) is 0.426. The summed E-state index contributed by atoms with van der Waals surface area (Å²) in [4.78, 5) is 0. The molecule has 3 heteroatoms. The summed E-state index contributed by atoms with van der Waals surface area (Å²) in [5.41, 5.74) is 0. The molecule has 0 aliphatic carbocycles. The van der Waals surface area contributed by atoms with Crippen molar-refractivity contribution in [2.45, 2.75) is 72.2 Å². The molecule has 0 spiro atoms. The van der Waals surface area contributed by atoms with Gasteiger partial charge in [-0.1, -0.05) is 40.5 Å². The number of rotatable bonds is 5. The second-order valence-corrected chi connectivity index (χ2v) is 11.8. The Morgan fingerprint density at radius 1 is 1.21 bits per heavy atom. The van der Waals surface area contributed by atoms with Gasteiger partial charge in [-0.3, -0.25) is 0 Å². The minimum atomic E-state index is -1.72. The fourth-order valence-corrected chi connectivity index (χ4v) is 2.61. The van der Waals surface area contributed by atoms with Crippen LogP contribution in [-0.2, 0) is 4.43 Å². The second kappa shape index (κ2) is 7.47. The lowest BCUT2D eigenvalue weighted by molar-refractivity contribution is 0.0566. The van der Waals surface area contributed by atoms with Crippen molar-refractivity contribution in [1.82, 2.24) is 0 Å². The van der Waals surface area contributed by atoms with Gasteiger partial charge < -0.3 is 9.53 Å². The van der Waals surface area contributed by atoms with Gasteiger partial charge >= 0.3 is 0 Å². The molecular formula is C16H32O2Si. The van der Waals surface area contributed by atoms with E-state index in [-0.39, 0.29) is 16.9 Å². The van der Waals surface area contributed by atoms with E-state index in [0.717, 1.165) is 6.42 Å². The fourth-order valence-electron chi connectivity index (χ4n) is 1.50. The molecule has 2 nitrogen and oxygen atoms in total. The van der Waals surface area contributed by atoms with E-state index in [1.165, 1.54) is 0 Å². The Morgan fingerprint density at radius 3 is 2.16 bits per heavy atom. The summed E-state index contributed by atoms with van der Waals surface area (Å²) < 4.78 is 6.16. The zero-order chi connectivity index (χ0) is 15.3. The highest BCUT2D eigenvalue weighted by atomic mass is 28.4. The average Bonchev–Trinajstić information content (AvgIpc) is 2.30. The third-order valence-corrected chi connectivity index (χ3v) is 8.62. The molecule has 0 unspecified atom stereocenters. The Hall–Kier alpha value is -0.303. The minimum Gasteiger partial charge on any atom is -0.416 e. The summed E-state index contributed by atoms with van der Waals surface area (Å²) >= 11 is 0. The zero-order valence-electron chi connectivity index (χ0n) is 14.0. The molecule has 0 saturated carbocycles. The topological polar surface area (TPSA) is 29.5 Å². The number of aliphatic hydroxyl groups excluding tert-OH is 1. The molecule has 0 heterocycles.